The first kappa shape index (κ1) is 10.4. The van der Waals surface area contributed by atoms with Crippen molar-refractivity contribution < 1.29 is 9.47 Å². The topological polar surface area (TPSA) is 21.8 Å². The molecule has 0 aromatic rings. The van der Waals surface area contributed by atoms with Gasteiger partial charge in [-0.15, -0.1) is 0 Å². The Morgan fingerprint density at radius 3 is 2.36 bits per heavy atom. The normalized spacial score (nSPS) is 43.9. The van der Waals surface area contributed by atoms with Crippen molar-refractivity contribution in [1.82, 2.24) is 0 Å². The smallest absolute Gasteiger partial charge is 0.195 e. The van der Waals surface area contributed by atoms with Crippen LogP contribution >= 0.6 is 0 Å². The minimum Gasteiger partial charge on any atom is -0.351 e. The third kappa shape index (κ3) is 1.70. The molecular formula is C12H22O2. The molecule has 2 fully saturated rings. The summed E-state index contributed by atoms with van der Waals surface area (Å²) in [6, 6.07) is 0. The summed E-state index contributed by atoms with van der Waals surface area (Å²) in [4.78, 5) is 0. The van der Waals surface area contributed by atoms with E-state index in [0.717, 1.165) is 5.92 Å². The highest BCUT2D eigenvalue weighted by Crippen LogP contribution is 2.53. The third-order valence-corrected chi connectivity index (χ3v) is 4.13. The molecule has 2 aliphatic rings. The molecule has 0 radical (unpaired) electrons. The number of epoxide rings is 1. The van der Waals surface area contributed by atoms with Crippen molar-refractivity contribution in [2.75, 3.05) is 7.11 Å². The van der Waals surface area contributed by atoms with Gasteiger partial charge in [0.05, 0.1) is 0 Å². The predicted molar refractivity (Wildman–Crippen MR) is 56.1 cm³/mol. The largest absolute Gasteiger partial charge is 0.351 e. The van der Waals surface area contributed by atoms with Crippen molar-refractivity contribution in [2.45, 2.75) is 63.8 Å². The minimum atomic E-state index is -0.301. The fourth-order valence-electron chi connectivity index (χ4n) is 2.83. The molecule has 1 saturated heterocycles. The van der Waals surface area contributed by atoms with Gasteiger partial charge in [0.25, 0.3) is 0 Å². The SMILES string of the molecule is COC1(C)OC1(C)CC1CCCCC1. The molecule has 1 aliphatic carbocycles. The van der Waals surface area contributed by atoms with Crippen LogP contribution in [0.2, 0.25) is 0 Å². The zero-order valence-corrected chi connectivity index (χ0v) is 9.64. The van der Waals surface area contributed by atoms with Crippen molar-refractivity contribution >= 4 is 0 Å². The van der Waals surface area contributed by atoms with Gasteiger partial charge in [0.1, 0.15) is 5.60 Å². The van der Waals surface area contributed by atoms with E-state index in [2.05, 4.69) is 13.8 Å². The first-order valence-corrected chi connectivity index (χ1v) is 5.85. The molecule has 1 saturated carbocycles. The van der Waals surface area contributed by atoms with Crippen LogP contribution in [0.15, 0.2) is 0 Å². The van der Waals surface area contributed by atoms with Gasteiger partial charge in [-0.2, -0.15) is 0 Å². The first-order chi connectivity index (χ1) is 6.60. The van der Waals surface area contributed by atoms with Crippen LogP contribution in [0.1, 0.15) is 52.4 Å². The molecule has 82 valence electrons. The summed E-state index contributed by atoms with van der Waals surface area (Å²) in [6.07, 6.45) is 8.19. The zero-order valence-electron chi connectivity index (χ0n) is 9.64. The summed E-state index contributed by atoms with van der Waals surface area (Å²) in [6.45, 7) is 4.24. The van der Waals surface area contributed by atoms with Gasteiger partial charge in [-0.3, -0.25) is 0 Å². The number of methoxy groups -OCH3 is 1. The number of rotatable bonds is 3. The van der Waals surface area contributed by atoms with E-state index in [1.165, 1.54) is 38.5 Å². The quantitative estimate of drug-likeness (QED) is 0.650. The Morgan fingerprint density at radius 1 is 1.21 bits per heavy atom. The third-order valence-electron chi connectivity index (χ3n) is 4.13. The van der Waals surface area contributed by atoms with Gasteiger partial charge < -0.3 is 9.47 Å². The van der Waals surface area contributed by atoms with Gasteiger partial charge in [-0.05, 0) is 26.2 Å². The molecular weight excluding hydrogens is 176 g/mol. The van der Waals surface area contributed by atoms with Gasteiger partial charge in [0.15, 0.2) is 5.79 Å². The maximum Gasteiger partial charge on any atom is 0.195 e. The summed E-state index contributed by atoms with van der Waals surface area (Å²) < 4.78 is 11.1. The fourth-order valence-corrected chi connectivity index (χ4v) is 2.83. The zero-order chi connectivity index (χ0) is 10.2. The van der Waals surface area contributed by atoms with Gasteiger partial charge in [0, 0.05) is 7.11 Å². The van der Waals surface area contributed by atoms with Gasteiger partial charge in [-0.1, -0.05) is 32.1 Å². The van der Waals surface area contributed by atoms with Crippen molar-refractivity contribution in [3.8, 4) is 0 Å². The van der Waals surface area contributed by atoms with E-state index in [0.29, 0.717) is 0 Å². The summed E-state index contributed by atoms with van der Waals surface area (Å²) in [7, 11) is 1.74. The summed E-state index contributed by atoms with van der Waals surface area (Å²) >= 11 is 0. The molecule has 1 heterocycles. The monoisotopic (exact) mass is 198 g/mol. The first-order valence-electron chi connectivity index (χ1n) is 5.85. The fraction of sp³-hybridized carbons (Fsp3) is 1.00. The molecule has 14 heavy (non-hydrogen) atoms. The van der Waals surface area contributed by atoms with Crippen LogP contribution < -0.4 is 0 Å². The molecule has 2 atom stereocenters. The highest BCUT2D eigenvalue weighted by molar-refractivity contribution is 5.05. The van der Waals surface area contributed by atoms with Crippen LogP contribution in [-0.2, 0) is 9.47 Å². The van der Waals surface area contributed by atoms with Crippen molar-refractivity contribution in [3.05, 3.63) is 0 Å². The molecule has 2 nitrogen and oxygen atoms in total. The van der Waals surface area contributed by atoms with Crippen LogP contribution in [0.4, 0.5) is 0 Å². The lowest BCUT2D eigenvalue weighted by atomic mass is 9.82. The maximum atomic E-state index is 5.72. The molecule has 2 unspecified atom stereocenters. The van der Waals surface area contributed by atoms with E-state index in [4.69, 9.17) is 9.47 Å². The Labute approximate surface area is 87.0 Å². The molecule has 0 aromatic carbocycles. The second-order valence-electron chi connectivity index (χ2n) is 5.19. The van der Waals surface area contributed by atoms with Crippen LogP contribution in [0.5, 0.6) is 0 Å². The van der Waals surface area contributed by atoms with Crippen molar-refractivity contribution in [3.63, 3.8) is 0 Å². The number of ether oxygens (including phenoxy) is 2. The van der Waals surface area contributed by atoms with E-state index in [1.807, 2.05) is 0 Å². The highest BCUT2D eigenvalue weighted by Gasteiger charge is 2.64. The molecule has 0 N–H and O–H groups in total. The predicted octanol–water partition coefficient (Wildman–Crippen LogP) is 3.11. The molecule has 0 amide bonds. The van der Waals surface area contributed by atoms with Crippen LogP contribution in [0.3, 0.4) is 0 Å². The Hall–Kier alpha value is -0.0800. The molecule has 0 bridgehead atoms. The summed E-state index contributed by atoms with van der Waals surface area (Å²) in [5.74, 6) is 0.565. The summed E-state index contributed by atoms with van der Waals surface area (Å²) in [5, 5.41) is 0. The lowest BCUT2D eigenvalue weighted by molar-refractivity contribution is 0.00517. The van der Waals surface area contributed by atoms with E-state index in [1.54, 1.807) is 7.11 Å². The highest BCUT2D eigenvalue weighted by atomic mass is 16.8. The molecule has 0 spiro atoms. The molecule has 2 heteroatoms. The van der Waals surface area contributed by atoms with Crippen LogP contribution in [0, 0.1) is 5.92 Å². The standard InChI is InChI=1S/C12H22O2/c1-11(12(2,13-3)14-11)9-10-7-5-4-6-8-10/h10H,4-9H2,1-3H3. The Kier molecular flexibility index (Phi) is 2.61. The van der Waals surface area contributed by atoms with Gasteiger partial charge >= 0.3 is 0 Å². The second-order valence-corrected chi connectivity index (χ2v) is 5.19. The second kappa shape index (κ2) is 3.49. The Balaban J connectivity index is 1.86. The average Bonchev–Trinajstić information content (AvgIpc) is 2.71. The van der Waals surface area contributed by atoms with Gasteiger partial charge in [0.2, 0.25) is 0 Å². The van der Waals surface area contributed by atoms with Crippen molar-refractivity contribution in [2.24, 2.45) is 5.92 Å². The molecule has 0 aromatic heterocycles. The van der Waals surface area contributed by atoms with E-state index >= 15 is 0 Å². The lowest BCUT2D eigenvalue weighted by Gasteiger charge is -2.24. The summed E-state index contributed by atoms with van der Waals surface area (Å²) in [5.41, 5.74) is -0.0102. The molecule has 2 rings (SSSR count). The van der Waals surface area contributed by atoms with E-state index in [-0.39, 0.29) is 11.4 Å². The van der Waals surface area contributed by atoms with Gasteiger partial charge in [-0.25, -0.2) is 0 Å². The van der Waals surface area contributed by atoms with Crippen LogP contribution in [0.25, 0.3) is 0 Å². The van der Waals surface area contributed by atoms with Crippen molar-refractivity contribution in [1.29, 1.82) is 0 Å². The van der Waals surface area contributed by atoms with E-state index < -0.39 is 0 Å². The Bertz CT molecular complexity index is 210. The lowest BCUT2D eigenvalue weighted by Crippen LogP contribution is -2.25. The maximum absolute atomic E-state index is 5.72. The number of hydrogen-bond donors (Lipinski definition) is 0. The average molecular weight is 198 g/mol. The number of hydrogen-bond acceptors (Lipinski definition) is 2. The minimum absolute atomic E-state index is 0.0102. The molecule has 1 aliphatic heterocycles. The van der Waals surface area contributed by atoms with E-state index in [9.17, 15) is 0 Å². The van der Waals surface area contributed by atoms with Crippen LogP contribution in [-0.4, -0.2) is 18.5 Å². The Morgan fingerprint density at radius 2 is 1.86 bits per heavy atom.